The SMILES string of the molecule is CCN(CC)S(=O)(=O)c1cccc(NC(=O)[C@@H]2CC=CCC2)c1. The number of sulfonamides is 1. The summed E-state index contributed by atoms with van der Waals surface area (Å²) >= 11 is 0. The summed E-state index contributed by atoms with van der Waals surface area (Å²) in [7, 11) is -3.51. The maximum absolute atomic E-state index is 12.5. The van der Waals surface area contributed by atoms with Gasteiger partial charge in [0.2, 0.25) is 15.9 Å². The molecule has 0 aliphatic heterocycles. The van der Waals surface area contributed by atoms with Crippen LogP contribution < -0.4 is 5.32 Å². The van der Waals surface area contributed by atoms with Gasteiger partial charge in [0.1, 0.15) is 0 Å². The van der Waals surface area contributed by atoms with E-state index in [1.165, 1.54) is 10.4 Å². The standard InChI is InChI=1S/C17H24N2O3S/c1-3-19(4-2)23(21,22)16-12-8-11-15(13-16)18-17(20)14-9-6-5-7-10-14/h5-6,8,11-14H,3-4,7,9-10H2,1-2H3,(H,18,20)/t14-/m1/s1. The summed E-state index contributed by atoms with van der Waals surface area (Å²) in [6, 6.07) is 6.47. The molecule has 0 fully saturated rings. The number of carbonyl (C=O) groups is 1. The van der Waals surface area contributed by atoms with E-state index in [-0.39, 0.29) is 16.7 Å². The van der Waals surface area contributed by atoms with Crippen molar-refractivity contribution in [3.8, 4) is 0 Å². The summed E-state index contributed by atoms with van der Waals surface area (Å²) in [5, 5.41) is 2.84. The lowest BCUT2D eigenvalue weighted by atomic mass is 9.93. The van der Waals surface area contributed by atoms with Crippen LogP contribution in [0.5, 0.6) is 0 Å². The van der Waals surface area contributed by atoms with Crippen LogP contribution in [0.15, 0.2) is 41.3 Å². The Balaban J connectivity index is 2.16. The number of anilines is 1. The fourth-order valence-electron chi connectivity index (χ4n) is 2.72. The third-order valence-corrected chi connectivity index (χ3v) is 6.13. The fraction of sp³-hybridized carbons (Fsp3) is 0.471. The van der Waals surface area contributed by atoms with Crippen LogP contribution >= 0.6 is 0 Å². The zero-order chi connectivity index (χ0) is 16.9. The Bertz CT molecular complexity index is 679. The summed E-state index contributed by atoms with van der Waals surface area (Å²) in [6.45, 7) is 4.46. The Morgan fingerprint density at radius 1 is 1.26 bits per heavy atom. The molecule has 1 amide bonds. The summed E-state index contributed by atoms with van der Waals surface area (Å²) in [6.07, 6.45) is 6.59. The van der Waals surface area contributed by atoms with E-state index in [4.69, 9.17) is 0 Å². The second-order valence-electron chi connectivity index (χ2n) is 5.59. The lowest BCUT2D eigenvalue weighted by molar-refractivity contribution is -0.120. The molecule has 126 valence electrons. The highest BCUT2D eigenvalue weighted by Gasteiger charge is 2.23. The van der Waals surface area contributed by atoms with Crippen LogP contribution in [-0.4, -0.2) is 31.7 Å². The molecule has 0 spiro atoms. The van der Waals surface area contributed by atoms with Gasteiger partial charge in [0.25, 0.3) is 0 Å². The highest BCUT2D eigenvalue weighted by molar-refractivity contribution is 7.89. The molecule has 0 saturated heterocycles. The zero-order valence-corrected chi connectivity index (χ0v) is 14.5. The summed E-state index contributed by atoms with van der Waals surface area (Å²) < 4.78 is 26.5. The molecule has 0 bridgehead atoms. The first kappa shape index (κ1) is 17.7. The largest absolute Gasteiger partial charge is 0.326 e. The van der Waals surface area contributed by atoms with Crippen LogP contribution in [0, 0.1) is 5.92 Å². The molecule has 23 heavy (non-hydrogen) atoms. The molecule has 0 aromatic heterocycles. The number of amides is 1. The van der Waals surface area contributed by atoms with E-state index < -0.39 is 10.0 Å². The number of hydrogen-bond acceptors (Lipinski definition) is 3. The van der Waals surface area contributed by atoms with E-state index in [1.807, 2.05) is 19.9 Å². The van der Waals surface area contributed by atoms with Crippen LogP contribution in [0.1, 0.15) is 33.1 Å². The number of nitrogens with zero attached hydrogens (tertiary/aromatic N) is 1. The number of allylic oxidation sites excluding steroid dienone is 2. The lowest BCUT2D eigenvalue weighted by Gasteiger charge is -2.20. The molecule has 2 rings (SSSR count). The van der Waals surface area contributed by atoms with Crippen LogP contribution in [-0.2, 0) is 14.8 Å². The number of benzene rings is 1. The first-order chi connectivity index (χ1) is 11.0. The smallest absolute Gasteiger partial charge is 0.243 e. The number of nitrogens with one attached hydrogen (secondary N) is 1. The lowest BCUT2D eigenvalue weighted by Crippen LogP contribution is -2.30. The second kappa shape index (κ2) is 7.75. The minimum Gasteiger partial charge on any atom is -0.326 e. The van der Waals surface area contributed by atoms with Crippen LogP contribution in [0.4, 0.5) is 5.69 Å². The molecular weight excluding hydrogens is 312 g/mol. The molecule has 1 aromatic carbocycles. The maximum Gasteiger partial charge on any atom is 0.243 e. The van der Waals surface area contributed by atoms with Crippen molar-refractivity contribution >= 4 is 21.6 Å². The molecule has 1 aromatic rings. The molecule has 0 heterocycles. The van der Waals surface area contributed by atoms with Gasteiger partial charge in [-0.2, -0.15) is 4.31 Å². The van der Waals surface area contributed by atoms with Gasteiger partial charge in [0, 0.05) is 24.7 Å². The van der Waals surface area contributed by atoms with Crippen molar-refractivity contribution in [2.45, 2.75) is 38.0 Å². The van der Waals surface area contributed by atoms with Gasteiger partial charge in [-0.25, -0.2) is 8.42 Å². The number of carbonyl (C=O) groups excluding carboxylic acids is 1. The van der Waals surface area contributed by atoms with Gasteiger partial charge in [0.05, 0.1) is 4.90 Å². The predicted molar refractivity (Wildman–Crippen MR) is 91.7 cm³/mol. The van der Waals surface area contributed by atoms with Crippen molar-refractivity contribution in [2.75, 3.05) is 18.4 Å². The monoisotopic (exact) mass is 336 g/mol. The first-order valence-corrected chi connectivity index (χ1v) is 9.49. The van der Waals surface area contributed by atoms with Gasteiger partial charge < -0.3 is 5.32 Å². The van der Waals surface area contributed by atoms with E-state index in [9.17, 15) is 13.2 Å². The summed E-state index contributed by atoms with van der Waals surface area (Å²) in [4.78, 5) is 12.5. The van der Waals surface area contributed by atoms with Gasteiger partial charge in [-0.3, -0.25) is 4.79 Å². The van der Waals surface area contributed by atoms with E-state index in [2.05, 4.69) is 11.4 Å². The van der Waals surface area contributed by atoms with Crippen LogP contribution in [0.25, 0.3) is 0 Å². The van der Waals surface area contributed by atoms with Gasteiger partial charge >= 0.3 is 0 Å². The van der Waals surface area contributed by atoms with Crippen LogP contribution in [0.3, 0.4) is 0 Å². The molecule has 1 N–H and O–H groups in total. The summed E-state index contributed by atoms with van der Waals surface area (Å²) in [5.74, 6) is -0.0882. The van der Waals surface area contributed by atoms with Crippen molar-refractivity contribution in [1.29, 1.82) is 0 Å². The van der Waals surface area contributed by atoms with E-state index >= 15 is 0 Å². The molecule has 6 heteroatoms. The highest BCUT2D eigenvalue weighted by atomic mass is 32.2. The Morgan fingerprint density at radius 2 is 2.00 bits per heavy atom. The fourth-order valence-corrected chi connectivity index (χ4v) is 4.23. The topological polar surface area (TPSA) is 66.5 Å². The minimum atomic E-state index is -3.51. The molecule has 1 aliphatic carbocycles. The Kier molecular flexibility index (Phi) is 5.96. The minimum absolute atomic E-state index is 0.0388. The van der Waals surface area contributed by atoms with Gasteiger partial charge in [0.15, 0.2) is 0 Å². The molecule has 0 unspecified atom stereocenters. The first-order valence-electron chi connectivity index (χ1n) is 8.05. The average Bonchev–Trinajstić information content (AvgIpc) is 2.57. The molecule has 1 atom stereocenters. The quantitative estimate of drug-likeness (QED) is 0.812. The number of hydrogen-bond donors (Lipinski definition) is 1. The van der Waals surface area contributed by atoms with Gasteiger partial charge in [-0.15, -0.1) is 0 Å². The van der Waals surface area contributed by atoms with Gasteiger partial charge in [-0.1, -0.05) is 32.1 Å². The number of rotatable bonds is 6. The zero-order valence-electron chi connectivity index (χ0n) is 13.7. The third-order valence-electron chi connectivity index (χ3n) is 4.08. The molecule has 0 radical (unpaired) electrons. The van der Waals surface area contributed by atoms with Crippen LogP contribution in [0.2, 0.25) is 0 Å². The van der Waals surface area contributed by atoms with Crippen molar-refractivity contribution < 1.29 is 13.2 Å². The van der Waals surface area contributed by atoms with E-state index in [0.29, 0.717) is 18.8 Å². The Hall–Kier alpha value is -1.66. The van der Waals surface area contributed by atoms with Crippen molar-refractivity contribution in [1.82, 2.24) is 4.31 Å². The van der Waals surface area contributed by atoms with Gasteiger partial charge in [-0.05, 0) is 37.5 Å². The van der Waals surface area contributed by atoms with E-state index in [0.717, 1.165) is 19.3 Å². The molecule has 5 nitrogen and oxygen atoms in total. The molecule has 1 aliphatic rings. The predicted octanol–water partition coefficient (Wildman–Crippen LogP) is 3.01. The molecular formula is C17H24N2O3S. The van der Waals surface area contributed by atoms with Crippen molar-refractivity contribution in [2.24, 2.45) is 5.92 Å². The summed E-state index contributed by atoms with van der Waals surface area (Å²) in [5.41, 5.74) is 0.526. The Labute approximate surface area is 138 Å². The average molecular weight is 336 g/mol. The van der Waals surface area contributed by atoms with Crippen molar-refractivity contribution in [3.63, 3.8) is 0 Å². The second-order valence-corrected chi connectivity index (χ2v) is 7.53. The van der Waals surface area contributed by atoms with E-state index in [1.54, 1.807) is 18.2 Å². The Morgan fingerprint density at radius 3 is 2.61 bits per heavy atom. The third kappa shape index (κ3) is 4.20. The maximum atomic E-state index is 12.5. The van der Waals surface area contributed by atoms with Crippen molar-refractivity contribution in [3.05, 3.63) is 36.4 Å². The molecule has 0 saturated carbocycles. The normalized spacial score (nSPS) is 18.1. The highest BCUT2D eigenvalue weighted by Crippen LogP contribution is 2.23.